The van der Waals surface area contributed by atoms with E-state index in [1.165, 1.54) is 11.3 Å². The summed E-state index contributed by atoms with van der Waals surface area (Å²) in [6.07, 6.45) is 3.72. The Morgan fingerprint density at radius 1 is 1.03 bits per heavy atom. The molecule has 4 nitrogen and oxygen atoms in total. The number of nitrogens with one attached hydrogen (secondary N) is 1. The summed E-state index contributed by atoms with van der Waals surface area (Å²) in [4.78, 5) is 4.41. The highest BCUT2D eigenvalue weighted by Crippen LogP contribution is 2.37. The number of rotatable bonds is 4. The van der Waals surface area contributed by atoms with Gasteiger partial charge in [0, 0.05) is 35.6 Å². The number of hydrogen-bond donors (Lipinski definition) is 1. The molecule has 4 aromatic rings. The normalized spacial score (nSPS) is 14.1. The predicted molar refractivity (Wildman–Crippen MR) is 119 cm³/mol. The number of benzene rings is 2. The molecule has 5 rings (SSSR count). The molecule has 0 spiro atoms. The summed E-state index contributed by atoms with van der Waals surface area (Å²) in [7, 11) is 0. The molecule has 0 saturated carbocycles. The number of halogens is 2. The fourth-order valence-electron chi connectivity index (χ4n) is 4.31. The Morgan fingerprint density at radius 2 is 1.93 bits per heavy atom. The van der Waals surface area contributed by atoms with E-state index in [0.29, 0.717) is 16.7 Å². The average molecular weight is 426 g/mol. The van der Waals surface area contributed by atoms with E-state index < -0.39 is 0 Å². The highest BCUT2D eigenvalue weighted by molar-refractivity contribution is 6.45. The summed E-state index contributed by atoms with van der Waals surface area (Å²) in [5, 5.41) is 6.87. The third kappa shape index (κ3) is 3.35. The van der Waals surface area contributed by atoms with Crippen molar-refractivity contribution in [1.29, 1.82) is 0 Å². The van der Waals surface area contributed by atoms with Gasteiger partial charge in [-0.3, -0.25) is 4.98 Å². The van der Waals surface area contributed by atoms with Crippen LogP contribution in [0.1, 0.15) is 11.3 Å². The number of ether oxygens (including phenoxy) is 1. The van der Waals surface area contributed by atoms with Gasteiger partial charge in [-0.05, 0) is 54.9 Å². The molecule has 0 aliphatic carbocycles. The average Bonchev–Trinajstić information content (AvgIpc) is 2.88. The maximum atomic E-state index is 6.62. The second-order valence-corrected chi connectivity index (χ2v) is 8.04. The van der Waals surface area contributed by atoms with E-state index in [4.69, 9.17) is 27.9 Å². The minimum Gasteiger partial charge on any atom is -0.491 e. The molecule has 1 aliphatic heterocycles. The molecular weight excluding hydrogens is 405 g/mol. The highest BCUT2D eigenvalue weighted by atomic mass is 35.5. The lowest BCUT2D eigenvalue weighted by Crippen LogP contribution is -2.18. The van der Waals surface area contributed by atoms with Crippen molar-refractivity contribution >= 4 is 45.0 Å². The number of fused-ring (bicyclic) bond motifs is 4. The Balaban J connectivity index is 1.49. The first-order valence-corrected chi connectivity index (χ1v) is 10.6. The zero-order valence-electron chi connectivity index (χ0n) is 15.9. The van der Waals surface area contributed by atoms with Crippen LogP contribution in [-0.4, -0.2) is 29.2 Å². The van der Waals surface area contributed by atoms with Crippen molar-refractivity contribution in [2.24, 2.45) is 0 Å². The highest BCUT2D eigenvalue weighted by Gasteiger charge is 2.21. The zero-order valence-corrected chi connectivity index (χ0v) is 17.4. The van der Waals surface area contributed by atoms with Gasteiger partial charge in [0.05, 0.1) is 27.6 Å². The van der Waals surface area contributed by atoms with Crippen LogP contribution >= 0.6 is 23.2 Å². The maximum Gasteiger partial charge on any atom is 0.128 e. The first kappa shape index (κ1) is 18.7. The van der Waals surface area contributed by atoms with E-state index in [1.807, 2.05) is 36.4 Å². The Bertz CT molecular complexity index is 1200. The van der Waals surface area contributed by atoms with E-state index in [2.05, 4.69) is 20.9 Å². The van der Waals surface area contributed by atoms with Crippen LogP contribution in [0.25, 0.3) is 21.8 Å². The molecule has 1 N–H and O–H groups in total. The van der Waals surface area contributed by atoms with Gasteiger partial charge in [0.15, 0.2) is 0 Å². The smallest absolute Gasteiger partial charge is 0.128 e. The number of pyridine rings is 1. The van der Waals surface area contributed by atoms with Crippen LogP contribution < -0.4 is 10.1 Å². The van der Waals surface area contributed by atoms with Crippen LogP contribution in [0.5, 0.6) is 5.75 Å². The van der Waals surface area contributed by atoms with E-state index in [-0.39, 0.29) is 0 Å². The molecule has 2 aromatic heterocycles. The van der Waals surface area contributed by atoms with Crippen molar-refractivity contribution in [1.82, 2.24) is 14.9 Å². The summed E-state index contributed by atoms with van der Waals surface area (Å²) in [6, 6.07) is 13.9. The SMILES string of the molecule is Clc1ccc2c(c1Cl)c1c(n2CCOc2cccc3ncccc23)CCNCC1. The van der Waals surface area contributed by atoms with Crippen molar-refractivity contribution in [3.63, 3.8) is 0 Å². The second kappa shape index (κ2) is 7.86. The molecule has 0 radical (unpaired) electrons. The van der Waals surface area contributed by atoms with E-state index in [0.717, 1.165) is 60.0 Å². The first-order valence-electron chi connectivity index (χ1n) is 9.89. The topological polar surface area (TPSA) is 39.1 Å². The first-order chi connectivity index (χ1) is 14.2. The fraction of sp³-hybridized carbons (Fsp3) is 0.261. The van der Waals surface area contributed by atoms with Gasteiger partial charge in [-0.15, -0.1) is 0 Å². The molecule has 3 heterocycles. The van der Waals surface area contributed by atoms with E-state index in [1.54, 1.807) is 6.20 Å². The lowest BCUT2D eigenvalue weighted by atomic mass is 10.1. The van der Waals surface area contributed by atoms with Crippen molar-refractivity contribution < 1.29 is 4.74 Å². The molecule has 1 aliphatic rings. The molecule has 0 unspecified atom stereocenters. The molecule has 6 heteroatoms. The maximum absolute atomic E-state index is 6.62. The summed E-state index contributed by atoms with van der Waals surface area (Å²) in [6.45, 7) is 3.23. The molecule has 0 amide bonds. The Kier molecular flexibility index (Phi) is 5.08. The van der Waals surface area contributed by atoms with Gasteiger partial charge in [0.25, 0.3) is 0 Å². The van der Waals surface area contributed by atoms with Crippen molar-refractivity contribution in [2.75, 3.05) is 19.7 Å². The van der Waals surface area contributed by atoms with Gasteiger partial charge in [-0.25, -0.2) is 0 Å². The molecule has 29 heavy (non-hydrogen) atoms. The number of nitrogens with zero attached hydrogens (tertiary/aromatic N) is 2. The van der Waals surface area contributed by atoms with Crippen molar-refractivity contribution in [2.45, 2.75) is 19.4 Å². The third-order valence-electron chi connectivity index (χ3n) is 5.61. The minimum absolute atomic E-state index is 0.567. The van der Waals surface area contributed by atoms with Crippen molar-refractivity contribution in [3.05, 3.63) is 70.0 Å². The molecule has 0 fully saturated rings. The van der Waals surface area contributed by atoms with Crippen LogP contribution in [-0.2, 0) is 19.4 Å². The number of aromatic nitrogens is 2. The summed E-state index contributed by atoms with van der Waals surface area (Å²) < 4.78 is 8.53. The predicted octanol–water partition coefficient (Wildman–Crippen LogP) is 5.26. The molecule has 148 valence electrons. The van der Waals surface area contributed by atoms with Crippen LogP contribution in [0, 0.1) is 0 Å². The quantitative estimate of drug-likeness (QED) is 0.484. The lowest BCUT2D eigenvalue weighted by molar-refractivity contribution is 0.302. The van der Waals surface area contributed by atoms with Crippen LogP contribution in [0.2, 0.25) is 10.0 Å². The van der Waals surface area contributed by atoms with E-state index >= 15 is 0 Å². The molecular formula is C23H21Cl2N3O. The van der Waals surface area contributed by atoms with Gasteiger partial charge in [0.2, 0.25) is 0 Å². The Hall–Kier alpha value is -2.27. The zero-order chi connectivity index (χ0) is 19.8. The van der Waals surface area contributed by atoms with Gasteiger partial charge < -0.3 is 14.6 Å². The van der Waals surface area contributed by atoms with Crippen LogP contribution in [0.15, 0.2) is 48.7 Å². The molecule has 0 bridgehead atoms. The summed E-state index contributed by atoms with van der Waals surface area (Å²) >= 11 is 13.0. The molecule has 2 aromatic carbocycles. The standard InChI is InChI=1S/C23H21Cl2N3O/c24-17-6-7-20-22(23(17)25)16-8-11-26-12-9-19(16)28(20)13-14-29-21-5-1-4-18-15(21)3-2-10-27-18/h1-7,10,26H,8-9,11-14H2. The largest absolute Gasteiger partial charge is 0.491 e. The monoisotopic (exact) mass is 425 g/mol. The van der Waals surface area contributed by atoms with Gasteiger partial charge in [-0.2, -0.15) is 0 Å². The molecule has 0 atom stereocenters. The van der Waals surface area contributed by atoms with E-state index in [9.17, 15) is 0 Å². The summed E-state index contributed by atoms with van der Waals surface area (Å²) in [5.74, 6) is 0.862. The van der Waals surface area contributed by atoms with Crippen LogP contribution in [0.4, 0.5) is 0 Å². The third-order valence-corrected chi connectivity index (χ3v) is 6.41. The Labute approximate surface area is 179 Å². The van der Waals surface area contributed by atoms with Gasteiger partial charge in [0.1, 0.15) is 12.4 Å². The molecule has 0 saturated heterocycles. The lowest BCUT2D eigenvalue weighted by Gasteiger charge is -2.13. The second-order valence-electron chi connectivity index (χ2n) is 7.26. The van der Waals surface area contributed by atoms with Gasteiger partial charge in [-0.1, -0.05) is 29.3 Å². The fourth-order valence-corrected chi connectivity index (χ4v) is 4.74. The summed E-state index contributed by atoms with van der Waals surface area (Å²) in [5.41, 5.74) is 4.72. The number of hydrogen-bond acceptors (Lipinski definition) is 3. The minimum atomic E-state index is 0.567. The van der Waals surface area contributed by atoms with Gasteiger partial charge >= 0.3 is 0 Å². The van der Waals surface area contributed by atoms with Crippen molar-refractivity contribution in [3.8, 4) is 5.75 Å². The van der Waals surface area contributed by atoms with Crippen LogP contribution in [0.3, 0.4) is 0 Å². The Morgan fingerprint density at radius 3 is 2.86 bits per heavy atom.